The van der Waals surface area contributed by atoms with E-state index in [1.807, 2.05) is 10.9 Å². The number of methoxy groups -OCH3 is 1. The Balaban J connectivity index is 1.61. The number of ether oxygens (including phenoxy) is 1. The Bertz CT molecular complexity index is 1060. The Morgan fingerprint density at radius 1 is 1.14 bits per heavy atom. The molecule has 0 bridgehead atoms. The fourth-order valence-corrected chi connectivity index (χ4v) is 3.86. The van der Waals surface area contributed by atoms with E-state index in [4.69, 9.17) is 9.84 Å². The van der Waals surface area contributed by atoms with Crippen LogP contribution >= 0.6 is 0 Å². The third kappa shape index (κ3) is 3.95. The number of nitrogens with zero attached hydrogens (tertiary/aromatic N) is 2. The summed E-state index contributed by atoms with van der Waals surface area (Å²) in [7, 11) is 1.51. The number of aromatic nitrogens is 2. The van der Waals surface area contributed by atoms with Crippen LogP contribution in [-0.2, 0) is 0 Å². The summed E-state index contributed by atoms with van der Waals surface area (Å²) < 4.78 is 34.0. The van der Waals surface area contributed by atoms with Gasteiger partial charge in [-0.2, -0.15) is 5.10 Å². The molecule has 0 saturated heterocycles. The number of carbonyl (C=O) groups is 1. The molecule has 1 aliphatic carbocycles. The van der Waals surface area contributed by atoms with Crippen molar-refractivity contribution < 1.29 is 18.3 Å². The summed E-state index contributed by atoms with van der Waals surface area (Å²) in [6.07, 6.45) is 6.58. The van der Waals surface area contributed by atoms with E-state index >= 15 is 0 Å². The summed E-state index contributed by atoms with van der Waals surface area (Å²) in [6, 6.07) is 6.99. The average Bonchev–Trinajstić information content (AvgIpc) is 3.12. The van der Waals surface area contributed by atoms with E-state index in [-0.39, 0.29) is 5.56 Å². The minimum Gasteiger partial charge on any atom is -0.494 e. The predicted molar refractivity (Wildman–Crippen MR) is 107 cm³/mol. The number of anilines is 1. The van der Waals surface area contributed by atoms with Crippen molar-refractivity contribution in [1.82, 2.24) is 9.78 Å². The third-order valence-electron chi connectivity index (χ3n) is 5.63. The summed E-state index contributed by atoms with van der Waals surface area (Å²) >= 11 is 0. The summed E-state index contributed by atoms with van der Waals surface area (Å²) in [6.45, 7) is 2.28. The van der Waals surface area contributed by atoms with Gasteiger partial charge in [0.25, 0.3) is 5.91 Å². The number of hydrogen-bond donors (Lipinski definition) is 1. The van der Waals surface area contributed by atoms with Crippen molar-refractivity contribution in [2.24, 2.45) is 5.92 Å². The topological polar surface area (TPSA) is 56.1 Å². The van der Waals surface area contributed by atoms with Crippen LogP contribution < -0.4 is 10.1 Å². The molecule has 4 rings (SSSR count). The minimum absolute atomic E-state index is 0.0260. The van der Waals surface area contributed by atoms with Crippen molar-refractivity contribution in [3.8, 4) is 5.75 Å². The Labute approximate surface area is 167 Å². The van der Waals surface area contributed by atoms with Gasteiger partial charge in [-0.25, -0.2) is 8.78 Å². The smallest absolute Gasteiger partial charge is 0.255 e. The molecule has 1 fully saturated rings. The van der Waals surface area contributed by atoms with E-state index in [1.54, 1.807) is 12.1 Å². The van der Waals surface area contributed by atoms with Gasteiger partial charge in [-0.05, 0) is 55.9 Å². The highest BCUT2D eigenvalue weighted by molar-refractivity contribution is 6.06. The maximum Gasteiger partial charge on any atom is 0.255 e. The molecule has 0 unspecified atom stereocenters. The number of carbonyl (C=O) groups excluding carboxylic acids is 1. The first-order valence-electron chi connectivity index (χ1n) is 9.78. The van der Waals surface area contributed by atoms with Gasteiger partial charge in [0.1, 0.15) is 5.75 Å². The zero-order valence-electron chi connectivity index (χ0n) is 16.4. The third-order valence-corrected chi connectivity index (χ3v) is 5.63. The lowest BCUT2D eigenvalue weighted by Crippen LogP contribution is -2.16. The first kappa shape index (κ1) is 19.4. The van der Waals surface area contributed by atoms with E-state index in [0.717, 1.165) is 41.8 Å². The van der Waals surface area contributed by atoms with Crippen molar-refractivity contribution in [3.05, 3.63) is 53.7 Å². The summed E-state index contributed by atoms with van der Waals surface area (Å²) in [4.78, 5) is 12.5. The second-order valence-corrected chi connectivity index (χ2v) is 7.72. The second-order valence-electron chi connectivity index (χ2n) is 7.72. The molecule has 7 heteroatoms. The highest BCUT2D eigenvalue weighted by Gasteiger charge is 2.21. The molecule has 29 heavy (non-hydrogen) atoms. The van der Waals surface area contributed by atoms with Gasteiger partial charge < -0.3 is 10.1 Å². The summed E-state index contributed by atoms with van der Waals surface area (Å²) in [5.74, 6) is -1.39. The van der Waals surface area contributed by atoms with E-state index in [1.165, 1.54) is 26.0 Å². The molecular weight excluding hydrogens is 376 g/mol. The lowest BCUT2D eigenvalue weighted by Gasteiger charge is -2.26. The maximum absolute atomic E-state index is 13.4. The van der Waals surface area contributed by atoms with Crippen LogP contribution in [-0.4, -0.2) is 22.8 Å². The monoisotopic (exact) mass is 399 g/mol. The Morgan fingerprint density at radius 2 is 1.90 bits per heavy atom. The van der Waals surface area contributed by atoms with Gasteiger partial charge in [0.15, 0.2) is 11.6 Å². The largest absolute Gasteiger partial charge is 0.494 e. The molecule has 2 aromatic carbocycles. The van der Waals surface area contributed by atoms with Crippen molar-refractivity contribution in [2.45, 2.75) is 38.6 Å². The molecular formula is C22H23F2N3O2. The maximum atomic E-state index is 13.4. The summed E-state index contributed by atoms with van der Waals surface area (Å²) in [5, 5.41) is 8.30. The lowest BCUT2D eigenvalue weighted by molar-refractivity contribution is 0.102. The first-order valence-corrected chi connectivity index (χ1v) is 9.78. The number of fused-ring (bicyclic) bond motifs is 1. The van der Waals surface area contributed by atoms with Crippen molar-refractivity contribution in [3.63, 3.8) is 0 Å². The minimum atomic E-state index is -1.07. The van der Waals surface area contributed by atoms with Gasteiger partial charge >= 0.3 is 0 Å². The number of rotatable bonds is 4. The molecule has 1 amide bonds. The lowest BCUT2D eigenvalue weighted by atomic mass is 9.87. The highest BCUT2D eigenvalue weighted by Crippen LogP contribution is 2.34. The number of benzene rings is 2. The molecule has 1 saturated carbocycles. The van der Waals surface area contributed by atoms with Crippen LogP contribution in [0.4, 0.5) is 14.5 Å². The van der Waals surface area contributed by atoms with E-state index in [9.17, 15) is 13.6 Å². The van der Waals surface area contributed by atoms with Crippen molar-refractivity contribution >= 4 is 22.5 Å². The number of hydrogen-bond acceptors (Lipinski definition) is 3. The van der Waals surface area contributed by atoms with Crippen LogP contribution in [0.1, 0.15) is 49.0 Å². The van der Waals surface area contributed by atoms with Crippen molar-refractivity contribution in [2.75, 3.05) is 12.4 Å². The fourth-order valence-electron chi connectivity index (χ4n) is 3.86. The molecule has 3 aromatic rings. The molecule has 0 spiro atoms. The van der Waals surface area contributed by atoms with Gasteiger partial charge in [0.05, 0.1) is 24.4 Å². The zero-order valence-corrected chi connectivity index (χ0v) is 16.4. The average molecular weight is 399 g/mol. The number of amides is 1. The normalized spacial score (nSPS) is 19.3. The molecule has 1 aromatic heterocycles. The van der Waals surface area contributed by atoms with Crippen LogP contribution in [0.2, 0.25) is 0 Å². The number of halogens is 2. The Morgan fingerprint density at radius 3 is 2.59 bits per heavy atom. The van der Waals surface area contributed by atoms with Gasteiger partial charge in [-0.1, -0.05) is 6.92 Å². The van der Waals surface area contributed by atoms with Crippen molar-refractivity contribution in [1.29, 1.82) is 0 Å². The predicted octanol–water partition coefficient (Wildman–Crippen LogP) is 5.33. The SMILES string of the molecule is COc1cc2nn(C3CCC(C)CC3)cc2cc1NC(=O)c1ccc(F)c(F)c1. The van der Waals surface area contributed by atoms with E-state index < -0.39 is 17.5 Å². The molecule has 1 aliphatic rings. The summed E-state index contributed by atoms with van der Waals surface area (Å²) in [5.41, 5.74) is 1.26. The van der Waals surface area contributed by atoms with Crippen LogP contribution in [0.5, 0.6) is 5.75 Å². The molecule has 1 N–H and O–H groups in total. The van der Waals surface area contributed by atoms with Crippen LogP contribution in [0.15, 0.2) is 36.5 Å². The van der Waals surface area contributed by atoms with Gasteiger partial charge in [-0.3, -0.25) is 9.48 Å². The molecule has 0 atom stereocenters. The van der Waals surface area contributed by atoms with Crippen LogP contribution in [0.25, 0.3) is 10.9 Å². The van der Waals surface area contributed by atoms with Gasteiger partial charge in [0.2, 0.25) is 0 Å². The van der Waals surface area contributed by atoms with Gasteiger partial charge in [0, 0.05) is 23.2 Å². The van der Waals surface area contributed by atoms with E-state index in [0.29, 0.717) is 17.5 Å². The molecule has 152 valence electrons. The number of nitrogens with one attached hydrogen (secondary N) is 1. The standard InChI is InChI=1S/C22H23F2N3O2/c1-13-3-6-16(7-4-13)27-12-15-10-20(21(29-2)11-19(15)26-27)25-22(28)14-5-8-17(23)18(24)9-14/h5,8-13,16H,3-4,6-7H2,1-2H3,(H,25,28). The fraction of sp³-hybridized carbons (Fsp3) is 0.364. The zero-order chi connectivity index (χ0) is 20.5. The molecule has 1 heterocycles. The van der Waals surface area contributed by atoms with Crippen LogP contribution in [0.3, 0.4) is 0 Å². The Kier molecular flexibility index (Phi) is 5.22. The second kappa shape index (κ2) is 7.81. The first-order chi connectivity index (χ1) is 13.9. The molecule has 0 aliphatic heterocycles. The van der Waals surface area contributed by atoms with E-state index in [2.05, 4.69) is 12.2 Å². The quantitative estimate of drug-likeness (QED) is 0.645. The van der Waals surface area contributed by atoms with Crippen LogP contribution in [0, 0.1) is 17.6 Å². The van der Waals surface area contributed by atoms with Gasteiger partial charge in [-0.15, -0.1) is 0 Å². The molecule has 5 nitrogen and oxygen atoms in total. The molecule has 0 radical (unpaired) electrons. The Hall–Kier alpha value is -2.96. The highest BCUT2D eigenvalue weighted by atomic mass is 19.2.